The van der Waals surface area contributed by atoms with Crippen molar-refractivity contribution in [3.63, 3.8) is 0 Å². The Bertz CT molecular complexity index is 1090. The van der Waals surface area contributed by atoms with Gasteiger partial charge in [0.1, 0.15) is 17.4 Å². The van der Waals surface area contributed by atoms with Crippen molar-refractivity contribution >= 4 is 33.6 Å². The molecule has 0 aliphatic heterocycles. The number of fused-ring (bicyclic) bond motifs is 3. The van der Waals surface area contributed by atoms with Gasteiger partial charge in [0.2, 0.25) is 0 Å². The Kier molecular flexibility index (Phi) is 5.63. The molecule has 3 rings (SSSR count). The number of carboxylic acids is 1. The minimum atomic E-state index is -1.08. The molecule has 28 heavy (non-hydrogen) atoms. The molecule has 0 aliphatic rings. The van der Waals surface area contributed by atoms with E-state index in [1.807, 2.05) is 26.0 Å². The largest absolute Gasteiger partial charge is 0.484 e. The van der Waals surface area contributed by atoms with Gasteiger partial charge in [0.15, 0.2) is 6.61 Å². The second kappa shape index (κ2) is 8.12. The Morgan fingerprint density at radius 2 is 1.82 bits per heavy atom. The number of amides is 1. The van der Waals surface area contributed by atoms with Gasteiger partial charge in [-0.3, -0.25) is 4.79 Å². The molecule has 0 saturated heterocycles. The van der Waals surface area contributed by atoms with E-state index in [4.69, 9.17) is 9.15 Å². The van der Waals surface area contributed by atoms with Gasteiger partial charge in [-0.15, -0.1) is 0 Å². The van der Waals surface area contributed by atoms with Crippen molar-refractivity contribution in [2.45, 2.75) is 26.3 Å². The Hall–Kier alpha value is -3.35. The SMILES string of the molecule is CC(C)CC(NC(=O)COc1ccc2c(c1)oc(=O)c1ccccc12)C(=O)O. The van der Waals surface area contributed by atoms with Crippen molar-refractivity contribution in [3.8, 4) is 5.75 Å². The predicted octanol–water partition coefficient (Wildman–Crippen LogP) is 2.94. The number of nitrogens with one attached hydrogen (secondary N) is 1. The van der Waals surface area contributed by atoms with E-state index in [9.17, 15) is 19.5 Å². The molecular weight excluding hydrogens is 362 g/mol. The van der Waals surface area contributed by atoms with E-state index < -0.39 is 23.5 Å². The van der Waals surface area contributed by atoms with Gasteiger partial charge in [-0.1, -0.05) is 32.0 Å². The molecule has 1 heterocycles. The molecule has 1 amide bonds. The Labute approximate surface area is 160 Å². The van der Waals surface area contributed by atoms with Crippen LogP contribution >= 0.6 is 0 Å². The Morgan fingerprint density at radius 3 is 2.50 bits per heavy atom. The van der Waals surface area contributed by atoms with Gasteiger partial charge in [-0.05, 0) is 35.9 Å². The first-order chi connectivity index (χ1) is 13.3. The van der Waals surface area contributed by atoms with Crippen LogP contribution in [0.15, 0.2) is 51.7 Å². The van der Waals surface area contributed by atoms with Crippen LogP contribution < -0.4 is 15.7 Å². The first-order valence-corrected chi connectivity index (χ1v) is 8.95. The fourth-order valence-electron chi connectivity index (χ4n) is 3.03. The molecule has 0 spiro atoms. The highest BCUT2D eigenvalue weighted by Gasteiger charge is 2.21. The summed E-state index contributed by atoms with van der Waals surface area (Å²) >= 11 is 0. The Balaban J connectivity index is 1.74. The summed E-state index contributed by atoms with van der Waals surface area (Å²) in [7, 11) is 0. The van der Waals surface area contributed by atoms with Crippen molar-refractivity contribution < 1.29 is 23.8 Å². The summed E-state index contributed by atoms with van der Waals surface area (Å²) in [5, 5.41) is 13.7. The van der Waals surface area contributed by atoms with Crippen LogP contribution in [-0.4, -0.2) is 29.6 Å². The first kappa shape index (κ1) is 19.4. The fourth-order valence-corrected chi connectivity index (χ4v) is 3.03. The lowest BCUT2D eigenvalue weighted by Crippen LogP contribution is -2.43. The van der Waals surface area contributed by atoms with Crippen LogP contribution in [-0.2, 0) is 9.59 Å². The predicted molar refractivity (Wildman–Crippen MR) is 105 cm³/mol. The number of benzene rings is 2. The highest BCUT2D eigenvalue weighted by molar-refractivity contribution is 6.04. The van der Waals surface area contributed by atoms with Gasteiger partial charge in [0, 0.05) is 11.5 Å². The summed E-state index contributed by atoms with van der Waals surface area (Å²) in [6.45, 7) is 3.42. The third-order valence-corrected chi connectivity index (χ3v) is 4.30. The smallest absolute Gasteiger partial charge is 0.344 e. The number of rotatable bonds is 7. The van der Waals surface area contributed by atoms with Crippen LogP contribution in [0, 0.1) is 5.92 Å². The summed E-state index contributed by atoms with van der Waals surface area (Å²) in [5.41, 5.74) is -0.0965. The molecule has 0 aliphatic carbocycles. The van der Waals surface area contributed by atoms with Crippen LogP contribution in [0.4, 0.5) is 0 Å². The third kappa shape index (κ3) is 4.31. The molecule has 0 saturated carbocycles. The van der Waals surface area contributed by atoms with Gasteiger partial charge in [-0.25, -0.2) is 9.59 Å². The zero-order valence-corrected chi connectivity index (χ0v) is 15.6. The number of carbonyl (C=O) groups excluding carboxylic acids is 1. The van der Waals surface area contributed by atoms with Crippen LogP contribution in [0.3, 0.4) is 0 Å². The maximum absolute atomic E-state index is 12.1. The number of carboxylic acid groups (broad SMARTS) is 1. The molecule has 0 fully saturated rings. The minimum absolute atomic E-state index is 0.125. The molecule has 146 valence electrons. The summed E-state index contributed by atoms with van der Waals surface area (Å²) in [5.74, 6) is -1.15. The lowest BCUT2D eigenvalue weighted by Gasteiger charge is -2.16. The monoisotopic (exact) mass is 383 g/mol. The maximum atomic E-state index is 12.1. The van der Waals surface area contributed by atoms with Crippen LogP contribution in [0.1, 0.15) is 20.3 Å². The average molecular weight is 383 g/mol. The number of ether oxygens (including phenoxy) is 1. The van der Waals surface area contributed by atoms with Gasteiger partial charge in [-0.2, -0.15) is 0 Å². The topological polar surface area (TPSA) is 106 Å². The summed E-state index contributed by atoms with van der Waals surface area (Å²) in [4.78, 5) is 35.4. The van der Waals surface area contributed by atoms with Crippen molar-refractivity contribution in [1.82, 2.24) is 5.32 Å². The summed E-state index contributed by atoms with van der Waals surface area (Å²) < 4.78 is 10.8. The number of hydrogen-bond donors (Lipinski definition) is 2. The quantitative estimate of drug-likeness (QED) is 0.480. The van der Waals surface area contributed by atoms with E-state index >= 15 is 0 Å². The van der Waals surface area contributed by atoms with Gasteiger partial charge in [0.25, 0.3) is 5.91 Å². The molecule has 2 aromatic carbocycles. The highest BCUT2D eigenvalue weighted by atomic mass is 16.5. The van der Waals surface area contributed by atoms with Crippen LogP contribution in [0.25, 0.3) is 21.7 Å². The van der Waals surface area contributed by atoms with E-state index in [1.54, 1.807) is 30.3 Å². The van der Waals surface area contributed by atoms with Crippen molar-refractivity contribution in [2.24, 2.45) is 5.92 Å². The molecule has 0 bridgehead atoms. The van der Waals surface area contributed by atoms with Gasteiger partial charge in [0.05, 0.1) is 5.39 Å². The lowest BCUT2D eigenvalue weighted by atomic mass is 10.0. The number of hydrogen-bond acceptors (Lipinski definition) is 5. The highest BCUT2D eigenvalue weighted by Crippen LogP contribution is 2.26. The normalized spacial score (nSPS) is 12.2. The van der Waals surface area contributed by atoms with E-state index in [1.165, 1.54) is 0 Å². The third-order valence-electron chi connectivity index (χ3n) is 4.30. The average Bonchev–Trinajstić information content (AvgIpc) is 2.65. The van der Waals surface area contributed by atoms with E-state index in [-0.39, 0.29) is 12.5 Å². The van der Waals surface area contributed by atoms with Crippen molar-refractivity contribution in [3.05, 3.63) is 52.9 Å². The molecule has 3 aromatic rings. The molecule has 1 unspecified atom stereocenters. The lowest BCUT2D eigenvalue weighted by molar-refractivity contribution is -0.142. The zero-order valence-electron chi connectivity index (χ0n) is 15.6. The zero-order chi connectivity index (χ0) is 20.3. The van der Waals surface area contributed by atoms with Gasteiger partial charge < -0.3 is 19.6 Å². The number of carbonyl (C=O) groups is 2. The number of aliphatic carboxylic acids is 1. The molecular formula is C21H21NO6. The standard InChI is InChI=1S/C21H21NO6/c1-12(2)9-17(20(24)25)22-19(23)11-27-13-7-8-15-14-5-3-4-6-16(14)21(26)28-18(15)10-13/h3-8,10,12,17H,9,11H2,1-2H3,(H,22,23)(H,24,25). The van der Waals surface area contributed by atoms with E-state index in [0.717, 1.165) is 10.8 Å². The van der Waals surface area contributed by atoms with Crippen LogP contribution in [0.5, 0.6) is 5.75 Å². The fraction of sp³-hybridized carbons (Fsp3) is 0.286. The molecule has 7 nitrogen and oxygen atoms in total. The summed E-state index contributed by atoms with van der Waals surface area (Å²) in [6, 6.07) is 11.2. The minimum Gasteiger partial charge on any atom is -0.484 e. The molecule has 1 aromatic heterocycles. The molecule has 1 atom stereocenters. The second-order valence-electron chi connectivity index (χ2n) is 6.97. The van der Waals surface area contributed by atoms with Crippen LogP contribution in [0.2, 0.25) is 0 Å². The first-order valence-electron chi connectivity index (χ1n) is 8.95. The summed E-state index contributed by atoms with van der Waals surface area (Å²) in [6.07, 6.45) is 0.329. The Morgan fingerprint density at radius 1 is 1.11 bits per heavy atom. The maximum Gasteiger partial charge on any atom is 0.344 e. The molecule has 2 N–H and O–H groups in total. The van der Waals surface area contributed by atoms with Gasteiger partial charge >= 0.3 is 11.6 Å². The molecule has 7 heteroatoms. The van der Waals surface area contributed by atoms with Crippen molar-refractivity contribution in [1.29, 1.82) is 0 Å². The second-order valence-corrected chi connectivity index (χ2v) is 6.97. The van der Waals surface area contributed by atoms with E-state index in [0.29, 0.717) is 23.1 Å². The molecule has 0 radical (unpaired) electrons. The van der Waals surface area contributed by atoms with Crippen molar-refractivity contribution in [2.75, 3.05) is 6.61 Å². The van der Waals surface area contributed by atoms with E-state index in [2.05, 4.69) is 5.32 Å².